The van der Waals surface area contributed by atoms with Crippen molar-refractivity contribution in [2.24, 2.45) is 11.3 Å². The minimum Gasteiger partial charge on any atom is -0.351 e. The number of hydrogen-bond donors (Lipinski definition) is 2. The first-order valence-corrected chi connectivity index (χ1v) is 7.04. The van der Waals surface area contributed by atoms with Gasteiger partial charge in [-0.15, -0.1) is 12.6 Å². The first kappa shape index (κ1) is 13.8. The number of nitrogens with one attached hydrogen (secondary N) is 1. The number of hydrogen-bond acceptors (Lipinski definition) is 2. The average Bonchev–Trinajstić information content (AvgIpc) is 3.10. The van der Waals surface area contributed by atoms with Gasteiger partial charge in [-0.3, -0.25) is 4.79 Å². The molecule has 18 heavy (non-hydrogen) atoms. The zero-order valence-corrected chi connectivity index (χ0v) is 12.3. The van der Waals surface area contributed by atoms with Gasteiger partial charge in [-0.05, 0) is 42.4 Å². The van der Waals surface area contributed by atoms with Crippen molar-refractivity contribution in [3.8, 4) is 0 Å². The largest absolute Gasteiger partial charge is 0.351 e. The molecule has 1 aromatic rings. The van der Waals surface area contributed by atoms with E-state index in [0.29, 0.717) is 21.9 Å². The molecule has 98 valence electrons. The van der Waals surface area contributed by atoms with E-state index in [0.717, 1.165) is 11.4 Å². The van der Waals surface area contributed by atoms with Gasteiger partial charge in [0, 0.05) is 11.4 Å². The van der Waals surface area contributed by atoms with Crippen LogP contribution in [-0.2, 0) is 0 Å². The fraction of sp³-hybridized carbons (Fsp3) is 0.500. The molecule has 4 heteroatoms. The van der Waals surface area contributed by atoms with E-state index in [-0.39, 0.29) is 5.91 Å². The van der Waals surface area contributed by atoms with E-state index in [1.165, 1.54) is 12.8 Å². The molecule has 0 spiro atoms. The highest BCUT2D eigenvalue weighted by Gasteiger charge is 2.45. The Labute approximate surface area is 119 Å². The molecule has 1 saturated carbocycles. The summed E-state index contributed by atoms with van der Waals surface area (Å²) < 4.78 is 0. The number of carbonyl (C=O) groups excluding carboxylic acids is 1. The van der Waals surface area contributed by atoms with Crippen molar-refractivity contribution in [2.45, 2.75) is 31.6 Å². The molecule has 0 saturated heterocycles. The number of benzene rings is 1. The lowest BCUT2D eigenvalue weighted by Crippen LogP contribution is -2.32. The molecule has 0 atom stereocenters. The van der Waals surface area contributed by atoms with Crippen LogP contribution in [0, 0.1) is 11.3 Å². The number of carbonyl (C=O) groups is 1. The summed E-state index contributed by atoms with van der Waals surface area (Å²) in [4.78, 5) is 12.8. The molecule has 1 aliphatic rings. The molecular formula is C14H18ClNOS. The Morgan fingerprint density at radius 2 is 2.17 bits per heavy atom. The highest BCUT2D eigenvalue weighted by molar-refractivity contribution is 7.80. The van der Waals surface area contributed by atoms with Crippen LogP contribution in [-0.4, -0.2) is 12.5 Å². The smallest absolute Gasteiger partial charge is 0.252 e. The summed E-state index contributed by atoms with van der Waals surface area (Å²) >= 11 is 10.3. The van der Waals surface area contributed by atoms with Crippen molar-refractivity contribution in [3.05, 3.63) is 28.8 Å². The lowest BCUT2D eigenvalue weighted by atomic mass is 9.92. The predicted molar refractivity (Wildman–Crippen MR) is 77.5 cm³/mol. The molecule has 0 aliphatic heterocycles. The van der Waals surface area contributed by atoms with Crippen LogP contribution in [0.1, 0.15) is 37.0 Å². The van der Waals surface area contributed by atoms with Crippen molar-refractivity contribution in [3.63, 3.8) is 0 Å². The van der Waals surface area contributed by atoms with E-state index in [2.05, 4.69) is 31.8 Å². The van der Waals surface area contributed by atoms with Crippen molar-refractivity contribution in [2.75, 3.05) is 6.54 Å². The number of rotatable bonds is 4. The van der Waals surface area contributed by atoms with Crippen LogP contribution in [0.3, 0.4) is 0 Å². The summed E-state index contributed by atoms with van der Waals surface area (Å²) in [5.41, 5.74) is 0.810. The van der Waals surface area contributed by atoms with Gasteiger partial charge >= 0.3 is 0 Å². The molecule has 2 rings (SSSR count). The quantitative estimate of drug-likeness (QED) is 0.809. The Morgan fingerprint density at radius 3 is 2.72 bits per heavy atom. The molecule has 1 N–H and O–H groups in total. The Bertz CT molecular complexity index is 469. The van der Waals surface area contributed by atoms with Gasteiger partial charge in [0.2, 0.25) is 0 Å². The molecule has 1 aromatic carbocycles. The normalized spacial score (nSPS) is 16.7. The Hall–Kier alpha value is -0.670. The van der Waals surface area contributed by atoms with Gasteiger partial charge in [0.15, 0.2) is 0 Å². The highest BCUT2D eigenvalue weighted by atomic mass is 35.5. The summed E-state index contributed by atoms with van der Waals surface area (Å²) in [6.45, 7) is 5.15. The fourth-order valence-corrected chi connectivity index (χ4v) is 2.56. The first-order chi connectivity index (χ1) is 8.44. The molecular weight excluding hydrogens is 266 g/mol. The van der Waals surface area contributed by atoms with Gasteiger partial charge in [-0.1, -0.05) is 25.4 Å². The lowest BCUT2D eigenvalue weighted by molar-refractivity contribution is 0.0939. The lowest BCUT2D eigenvalue weighted by Gasteiger charge is -2.20. The van der Waals surface area contributed by atoms with Crippen LogP contribution < -0.4 is 5.32 Å². The molecule has 2 nitrogen and oxygen atoms in total. The number of amides is 1. The van der Waals surface area contributed by atoms with Crippen LogP contribution in [0.5, 0.6) is 0 Å². The zero-order chi connectivity index (χ0) is 13.3. The van der Waals surface area contributed by atoms with E-state index in [1.54, 1.807) is 18.2 Å². The zero-order valence-electron chi connectivity index (χ0n) is 10.7. The maximum Gasteiger partial charge on any atom is 0.252 e. The van der Waals surface area contributed by atoms with Gasteiger partial charge in [0.25, 0.3) is 5.91 Å². The molecule has 1 amide bonds. The monoisotopic (exact) mass is 283 g/mol. The van der Waals surface area contributed by atoms with Gasteiger partial charge in [-0.2, -0.15) is 0 Å². The summed E-state index contributed by atoms with van der Waals surface area (Å²) in [7, 11) is 0. The van der Waals surface area contributed by atoms with Gasteiger partial charge in [-0.25, -0.2) is 0 Å². The van der Waals surface area contributed by atoms with E-state index in [1.807, 2.05) is 0 Å². The predicted octanol–water partition coefficient (Wildman–Crippen LogP) is 3.79. The summed E-state index contributed by atoms with van der Waals surface area (Å²) in [5.74, 6) is 0.493. The highest BCUT2D eigenvalue weighted by Crippen LogP contribution is 2.51. The van der Waals surface area contributed by atoms with E-state index in [4.69, 9.17) is 11.6 Å². The third-order valence-corrected chi connectivity index (χ3v) is 4.52. The number of thiol groups is 1. The van der Waals surface area contributed by atoms with Crippen LogP contribution >= 0.6 is 24.2 Å². The van der Waals surface area contributed by atoms with E-state index in [9.17, 15) is 4.79 Å². The van der Waals surface area contributed by atoms with Gasteiger partial charge in [0.1, 0.15) is 0 Å². The topological polar surface area (TPSA) is 29.1 Å². The molecule has 0 bridgehead atoms. The second-order valence-electron chi connectivity index (χ2n) is 5.36. The summed E-state index contributed by atoms with van der Waals surface area (Å²) in [6.07, 6.45) is 2.40. The van der Waals surface area contributed by atoms with E-state index >= 15 is 0 Å². The maximum atomic E-state index is 12.1. The van der Waals surface area contributed by atoms with Crippen LogP contribution in [0.25, 0.3) is 0 Å². The number of halogens is 1. The van der Waals surface area contributed by atoms with Crippen LogP contribution in [0.4, 0.5) is 0 Å². The first-order valence-electron chi connectivity index (χ1n) is 6.21. The summed E-state index contributed by atoms with van der Waals surface area (Å²) in [6, 6.07) is 5.18. The van der Waals surface area contributed by atoms with Gasteiger partial charge in [0.05, 0.1) is 10.6 Å². The SMILES string of the molecule is CC(C)C1(CNC(=O)c2cc(S)ccc2Cl)CC1. The Balaban J connectivity index is 2.02. The Morgan fingerprint density at radius 1 is 1.50 bits per heavy atom. The van der Waals surface area contributed by atoms with Crippen LogP contribution in [0.15, 0.2) is 23.1 Å². The maximum absolute atomic E-state index is 12.1. The molecule has 0 unspecified atom stereocenters. The van der Waals surface area contributed by atoms with Gasteiger partial charge < -0.3 is 5.32 Å². The third kappa shape index (κ3) is 2.83. The van der Waals surface area contributed by atoms with E-state index < -0.39 is 0 Å². The third-order valence-electron chi connectivity index (χ3n) is 3.91. The summed E-state index contributed by atoms with van der Waals surface area (Å²) in [5, 5.41) is 3.47. The second-order valence-corrected chi connectivity index (χ2v) is 6.29. The fourth-order valence-electron chi connectivity index (χ4n) is 2.16. The molecule has 0 heterocycles. The Kier molecular flexibility index (Phi) is 3.93. The molecule has 1 fully saturated rings. The standard InChI is InChI=1S/C14H18ClNOS/c1-9(2)14(5-6-14)8-16-13(17)11-7-10(18)3-4-12(11)15/h3-4,7,9,18H,5-6,8H2,1-2H3,(H,16,17). The second kappa shape index (κ2) is 5.14. The van der Waals surface area contributed by atoms with Crippen molar-refractivity contribution < 1.29 is 4.79 Å². The minimum atomic E-state index is -0.108. The van der Waals surface area contributed by atoms with Crippen molar-refractivity contribution in [1.82, 2.24) is 5.32 Å². The minimum absolute atomic E-state index is 0.108. The van der Waals surface area contributed by atoms with Crippen molar-refractivity contribution in [1.29, 1.82) is 0 Å². The molecule has 0 radical (unpaired) electrons. The van der Waals surface area contributed by atoms with Crippen molar-refractivity contribution >= 4 is 30.1 Å². The molecule has 1 aliphatic carbocycles. The average molecular weight is 284 g/mol. The molecule has 0 aromatic heterocycles. The van der Waals surface area contributed by atoms with Crippen LogP contribution in [0.2, 0.25) is 5.02 Å².